The molecule has 2 aromatic rings. The van der Waals surface area contributed by atoms with Gasteiger partial charge in [0.2, 0.25) is 0 Å². The minimum atomic E-state index is -0.515. The molecule has 142 valence electrons. The Morgan fingerprint density at radius 3 is 2.69 bits per heavy atom. The average molecular weight is 492 g/mol. The molecule has 1 fully saturated rings. The molecule has 0 spiro atoms. The first kappa shape index (κ1) is 20.9. The van der Waals surface area contributed by atoms with Crippen LogP contribution in [0.1, 0.15) is 11.3 Å². The maximum absolute atomic E-state index is 13.9. The number of para-hydroxylation sites is 1. The third kappa shape index (κ3) is 5.29. The Morgan fingerprint density at radius 1 is 1.27 bits per heavy atom. The van der Waals surface area contributed by atoms with Gasteiger partial charge in [-0.25, -0.2) is 8.78 Å². The summed E-state index contributed by atoms with van der Waals surface area (Å²) in [6, 6.07) is 8.24. The van der Waals surface area contributed by atoms with E-state index in [9.17, 15) is 8.78 Å². The van der Waals surface area contributed by atoms with Crippen molar-refractivity contribution in [2.45, 2.75) is 18.9 Å². The fourth-order valence-corrected chi connectivity index (χ4v) is 3.73. The lowest BCUT2D eigenvalue weighted by atomic mass is 10.2. The van der Waals surface area contributed by atoms with Gasteiger partial charge in [0.1, 0.15) is 17.3 Å². The number of halogens is 3. The Bertz CT molecular complexity index is 704. The van der Waals surface area contributed by atoms with Crippen molar-refractivity contribution in [3.63, 3.8) is 0 Å². The van der Waals surface area contributed by atoms with Crippen molar-refractivity contribution >= 4 is 47.0 Å². The number of benzene rings is 1. The number of anilines is 1. The van der Waals surface area contributed by atoms with Crippen molar-refractivity contribution in [2.75, 3.05) is 31.6 Å². The molecule has 1 aromatic heterocycles. The van der Waals surface area contributed by atoms with E-state index in [1.165, 1.54) is 23.1 Å². The summed E-state index contributed by atoms with van der Waals surface area (Å²) in [5.41, 5.74) is 0.0624. The number of nitrogens with one attached hydrogen (secondary N) is 2. The van der Waals surface area contributed by atoms with E-state index in [1.807, 2.05) is 6.07 Å². The molecule has 2 N–H and O–H groups in total. The van der Waals surface area contributed by atoms with Crippen LogP contribution in [-0.2, 0) is 6.42 Å². The van der Waals surface area contributed by atoms with E-state index in [1.54, 1.807) is 23.3 Å². The lowest BCUT2D eigenvalue weighted by molar-refractivity contribution is 0.576. The molecule has 1 aliphatic rings. The molecular formula is C18H23F2IN4S. The molecule has 0 saturated carbocycles. The standard InChI is InChI=1S/C18H22F2N4S.HI/c1-21-18(22-9-7-14-4-3-11-25-14)23-13-8-10-24(12-13)17-15(19)5-2-6-16(17)20;/h2-6,11,13H,7-10,12H2,1H3,(H2,21,22,23);1H. The van der Waals surface area contributed by atoms with Gasteiger partial charge in [-0.15, -0.1) is 35.3 Å². The number of nitrogens with zero attached hydrogens (tertiary/aromatic N) is 2. The van der Waals surface area contributed by atoms with Gasteiger partial charge in [0, 0.05) is 37.6 Å². The molecule has 1 atom stereocenters. The van der Waals surface area contributed by atoms with Gasteiger partial charge < -0.3 is 15.5 Å². The number of guanidine groups is 1. The summed E-state index contributed by atoms with van der Waals surface area (Å²) in [6.07, 6.45) is 1.75. The molecule has 26 heavy (non-hydrogen) atoms. The largest absolute Gasteiger partial charge is 0.365 e. The smallest absolute Gasteiger partial charge is 0.191 e. The van der Waals surface area contributed by atoms with Crippen LogP contribution in [0.4, 0.5) is 14.5 Å². The topological polar surface area (TPSA) is 39.7 Å². The molecule has 0 radical (unpaired) electrons. The number of rotatable bonds is 5. The number of hydrogen-bond acceptors (Lipinski definition) is 3. The van der Waals surface area contributed by atoms with Crippen LogP contribution in [0.3, 0.4) is 0 Å². The first-order chi connectivity index (χ1) is 12.2. The second kappa shape index (κ2) is 10.1. The molecule has 8 heteroatoms. The zero-order valence-corrected chi connectivity index (χ0v) is 17.7. The quantitative estimate of drug-likeness (QED) is 0.381. The van der Waals surface area contributed by atoms with Crippen LogP contribution < -0.4 is 15.5 Å². The third-order valence-corrected chi connectivity index (χ3v) is 5.19. The van der Waals surface area contributed by atoms with Crippen molar-refractivity contribution in [1.29, 1.82) is 0 Å². The molecule has 0 bridgehead atoms. The van der Waals surface area contributed by atoms with Crippen LogP contribution >= 0.6 is 35.3 Å². The van der Waals surface area contributed by atoms with Gasteiger partial charge in [0.25, 0.3) is 0 Å². The fraction of sp³-hybridized carbons (Fsp3) is 0.389. The Balaban J connectivity index is 0.00000243. The molecule has 1 saturated heterocycles. The summed E-state index contributed by atoms with van der Waals surface area (Å²) in [4.78, 5) is 7.31. The van der Waals surface area contributed by atoms with Crippen molar-refractivity contribution in [3.05, 3.63) is 52.2 Å². The molecular weight excluding hydrogens is 469 g/mol. The normalized spacial score (nSPS) is 17.1. The highest BCUT2D eigenvalue weighted by molar-refractivity contribution is 14.0. The summed E-state index contributed by atoms with van der Waals surface area (Å²) in [5.74, 6) is -0.310. The summed E-state index contributed by atoms with van der Waals surface area (Å²) in [5, 5.41) is 8.70. The van der Waals surface area contributed by atoms with Crippen molar-refractivity contribution < 1.29 is 8.78 Å². The van der Waals surface area contributed by atoms with Crippen LogP contribution in [0.5, 0.6) is 0 Å². The second-order valence-corrected chi connectivity index (χ2v) is 7.01. The number of thiophene rings is 1. The van der Waals surface area contributed by atoms with Gasteiger partial charge in [-0.05, 0) is 36.4 Å². The van der Waals surface area contributed by atoms with Crippen LogP contribution in [0.15, 0.2) is 40.7 Å². The van der Waals surface area contributed by atoms with E-state index in [0.717, 1.165) is 25.3 Å². The van der Waals surface area contributed by atoms with E-state index in [-0.39, 0.29) is 35.7 Å². The van der Waals surface area contributed by atoms with Crippen LogP contribution in [0.25, 0.3) is 0 Å². The van der Waals surface area contributed by atoms with Gasteiger partial charge in [-0.3, -0.25) is 4.99 Å². The number of hydrogen-bond donors (Lipinski definition) is 2. The van der Waals surface area contributed by atoms with E-state index in [4.69, 9.17) is 0 Å². The number of aliphatic imine (C=N–C) groups is 1. The first-order valence-electron chi connectivity index (χ1n) is 8.36. The highest BCUT2D eigenvalue weighted by atomic mass is 127. The van der Waals surface area contributed by atoms with Gasteiger partial charge >= 0.3 is 0 Å². The van der Waals surface area contributed by atoms with Gasteiger partial charge in [0.05, 0.1) is 0 Å². The maximum Gasteiger partial charge on any atom is 0.191 e. The lowest BCUT2D eigenvalue weighted by Gasteiger charge is -2.21. The van der Waals surface area contributed by atoms with Crippen molar-refractivity contribution in [2.24, 2.45) is 4.99 Å². The van der Waals surface area contributed by atoms with E-state index < -0.39 is 11.6 Å². The van der Waals surface area contributed by atoms with E-state index in [0.29, 0.717) is 13.1 Å². The van der Waals surface area contributed by atoms with Crippen LogP contribution in [0.2, 0.25) is 0 Å². The summed E-state index contributed by atoms with van der Waals surface area (Å²) >= 11 is 1.74. The molecule has 1 aliphatic heterocycles. The Kier molecular flexibility index (Phi) is 8.08. The molecule has 2 heterocycles. The van der Waals surface area contributed by atoms with Gasteiger partial charge in [-0.2, -0.15) is 0 Å². The van der Waals surface area contributed by atoms with Crippen LogP contribution in [0, 0.1) is 11.6 Å². The molecule has 4 nitrogen and oxygen atoms in total. The summed E-state index contributed by atoms with van der Waals surface area (Å²) in [7, 11) is 1.73. The van der Waals surface area contributed by atoms with Crippen LogP contribution in [-0.4, -0.2) is 38.7 Å². The minimum Gasteiger partial charge on any atom is -0.365 e. The minimum absolute atomic E-state index is 0. The van der Waals surface area contributed by atoms with E-state index in [2.05, 4.69) is 27.1 Å². The predicted molar refractivity (Wildman–Crippen MR) is 115 cm³/mol. The van der Waals surface area contributed by atoms with Gasteiger partial charge in [0.15, 0.2) is 5.96 Å². The van der Waals surface area contributed by atoms with Crippen molar-refractivity contribution in [3.8, 4) is 0 Å². The Labute approximate surface area is 173 Å². The fourth-order valence-electron chi connectivity index (χ4n) is 3.02. The highest BCUT2D eigenvalue weighted by Crippen LogP contribution is 2.26. The average Bonchev–Trinajstić information content (AvgIpc) is 3.26. The van der Waals surface area contributed by atoms with Crippen molar-refractivity contribution in [1.82, 2.24) is 10.6 Å². The molecule has 3 rings (SSSR count). The molecule has 1 unspecified atom stereocenters. The lowest BCUT2D eigenvalue weighted by Crippen LogP contribution is -2.45. The summed E-state index contributed by atoms with van der Waals surface area (Å²) in [6.45, 7) is 1.95. The monoisotopic (exact) mass is 492 g/mol. The van der Waals surface area contributed by atoms with Gasteiger partial charge in [-0.1, -0.05) is 12.1 Å². The zero-order valence-electron chi connectivity index (χ0n) is 14.5. The zero-order chi connectivity index (χ0) is 17.6. The second-order valence-electron chi connectivity index (χ2n) is 5.97. The third-order valence-electron chi connectivity index (χ3n) is 4.25. The molecule has 0 amide bonds. The Morgan fingerprint density at radius 2 is 2.04 bits per heavy atom. The first-order valence-corrected chi connectivity index (χ1v) is 9.24. The maximum atomic E-state index is 13.9. The SMILES string of the molecule is CN=C(NCCc1cccs1)NC1CCN(c2c(F)cccc2F)C1.I. The summed E-state index contributed by atoms with van der Waals surface area (Å²) < 4.78 is 27.8. The molecule has 1 aromatic carbocycles. The highest BCUT2D eigenvalue weighted by Gasteiger charge is 2.27. The molecule has 0 aliphatic carbocycles. The Hall–Kier alpha value is -1.42. The predicted octanol–water partition coefficient (Wildman–Crippen LogP) is 3.63. The van der Waals surface area contributed by atoms with E-state index >= 15 is 0 Å².